The number of hydrogen-bond acceptors (Lipinski definition) is 5. The second kappa shape index (κ2) is 24.2. The molecule has 4 rings (SSSR count). The first-order chi connectivity index (χ1) is 21.1. The van der Waals surface area contributed by atoms with Crippen molar-refractivity contribution in [1.82, 2.24) is 15.5 Å². The van der Waals surface area contributed by atoms with Gasteiger partial charge in [-0.25, -0.2) is 0 Å². The van der Waals surface area contributed by atoms with Crippen LogP contribution in [0.2, 0.25) is 0 Å². The first kappa shape index (κ1) is 49.4. The van der Waals surface area contributed by atoms with Crippen LogP contribution in [0.5, 0.6) is 0 Å². The Labute approximate surface area is 302 Å². The molecule has 5 N–H and O–H groups in total. The topological polar surface area (TPSA) is 157 Å². The molecule has 1 aromatic rings. The van der Waals surface area contributed by atoms with E-state index in [0.717, 1.165) is 83.7 Å². The van der Waals surface area contributed by atoms with E-state index in [0.29, 0.717) is 18.5 Å². The van der Waals surface area contributed by atoms with E-state index < -0.39 is 5.41 Å². The summed E-state index contributed by atoms with van der Waals surface area (Å²) in [6, 6.07) is 9.01. The molecule has 3 heterocycles. The molecule has 0 radical (unpaired) electrons. The van der Waals surface area contributed by atoms with Gasteiger partial charge in [-0.15, -0.1) is 19.7 Å². The monoisotopic (exact) mass is 663 g/mol. The number of amides is 4. The van der Waals surface area contributed by atoms with Gasteiger partial charge in [-0.1, -0.05) is 64.6 Å². The number of nitrogens with zero attached hydrogens (tertiary/aromatic N) is 1. The van der Waals surface area contributed by atoms with Crippen LogP contribution in [0.15, 0.2) is 68.3 Å². The average molecular weight is 664 g/mol. The predicted molar refractivity (Wildman–Crippen MR) is 191 cm³/mol. The van der Waals surface area contributed by atoms with Crippen molar-refractivity contribution in [3.63, 3.8) is 0 Å². The van der Waals surface area contributed by atoms with Gasteiger partial charge in [-0.3, -0.25) is 24.1 Å². The van der Waals surface area contributed by atoms with Crippen LogP contribution in [0, 0.1) is 16.2 Å². The van der Waals surface area contributed by atoms with Gasteiger partial charge in [0.05, 0.1) is 16.2 Å². The third-order valence-corrected chi connectivity index (χ3v) is 9.84. The van der Waals surface area contributed by atoms with Crippen LogP contribution in [-0.2, 0) is 14.4 Å². The molecule has 10 heteroatoms. The molecule has 0 unspecified atom stereocenters. The van der Waals surface area contributed by atoms with E-state index in [9.17, 15) is 19.2 Å². The van der Waals surface area contributed by atoms with Gasteiger partial charge in [0.2, 0.25) is 17.7 Å². The Morgan fingerprint density at radius 3 is 1.52 bits per heavy atom. The molecule has 3 aliphatic rings. The summed E-state index contributed by atoms with van der Waals surface area (Å²) < 4.78 is 0. The number of rotatable bonds is 10. The number of hydrogen-bond donors (Lipinski definition) is 2. The van der Waals surface area contributed by atoms with Gasteiger partial charge in [-0.05, 0) is 89.2 Å². The largest absolute Gasteiger partial charge is 1.00 e. The molecule has 3 aliphatic heterocycles. The molecule has 0 aliphatic carbocycles. The van der Waals surface area contributed by atoms with E-state index in [-0.39, 0.29) is 71.7 Å². The van der Waals surface area contributed by atoms with Crippen molar-refractivity contribution in [2.45, 2.75) is 105 Å². The van der Waals surface area contributed by atoms with Crippen molar-refractivity contribution in [2.24, 2.45) is 16.2 Å². The molecule has 48 heavy (non-hydrogen) atoms. The molecule has 266 valence electrons. The number of imide groups is 1. The van der Waals surface area contributed by atoms with Gasteiger partial charge >= 0.3 is 18.9 Å². The number of likely N-dealkylation sites (tertiary alicyclic amines) is 1. The van der Waals surface area contributed by atoms with Gasteiger partial charge < -0.3 is 21.6 Å². The minimum absolute atomic E-state index is 0. The molecule has 3 atom stereocenters. The fourth-order valence-electron chi connectivity index (χ4n) is 6.70. The van der Waals surface area contributed by atoms with E-state index in [4.69, 9.17) is 0 Å². The van der Waals surface area contributed by atoms with Crippen molar-refractivity contribution < 1.29 is 49.0 Å². The van der Waals surface area contributed by atoms with Crippen LogP contribution in [0.4, 0.5) is 0 Å². The van der Waals surface area contributed by atoms with E-state index in [2.05, 4.69) is 44.2 Å². The number of piperidine rings is 3. The van der Waals surface area contributed by atoms with Gasteiger partial charge in [0, 0.05) is 25.2 Å². The molecule has 0 spiro atoms. The number of nitrogens with one attached hydrogen (secondary N) is 2. The van der Waals surface area contributed by atoms with Gasteiger partial charge in [0.25, 0.3) is 5.91 Å². The van der Waals surface area contributed by atoms with Crippen molar-refractivity contribution >= 4 is 23.6 Å². The van der Waals surface area contributed by atoms with E-state index >= 15 is 0 Å². The average Bonchev–Trinajstić information content (AvgIpc) is 3.05. The number of carbonyl (C=O) groups is 4. The second-order valence-electron chi connectivity index (χ2n) is 12.3. The molecular weight excluding hydrogens is 601 g/mol. The molecule has 1 aromatic carbocycles. The minimum Gasteiger partial charge on any atom is -0.870 e. The van der Waals surface area contributed by atoms with Crippen LogP contribution in [0.1, 0.15) is 116 Å². The van der Waals surface area contributed by atoms with Crippen LogP contribution >= 0.6 is 0 Å². The fourth-order valence-corrected chi connectivity index (χ4v) is 6.70. The summed E-state index contributed by atoms with van der Waals surface area (Å²) >= 11 is 0. The van der Waals surface area contributed by atoms with Gasteiger partial charge in [0.1, 0.15) is 0 Å². The summed E-state index contributed by atoms with van der Waals surface area (Å²) in [7, 11) is 0. The maximum atomic E-state index is 12.7. The van der Waals surface area contributed by atoms with Crippen molar-refractivity contribution in [1.29, 1.82) is 0 Å². The molecule has 0 aromatic heterocycles. The zero-order valence-corrected chi connectivity index (χ0v) is 29.4. The molecule has 4 amide bonds. The zero-order chi connectivity index (χ0) is 32.6. The van der Waals surface area contributed by atoms with E-state index in [1.807, 2.05) is 37.3 Å². The Hall–Kier alpha value is -2.96. The van der Waals surface area contributed by atoms with Crippen LogP contribution in [0.25, 0.3) is 0 Å². The second-order valence-corrected chi connectivity index (χ2v) is 12.3. The standard InChI is InChI=1S/C17H21NO2.2C10H17NO.CH4.Li.2H2O/c1-3-11-17(4-2)12-8-13-18(16(17)20)15(19)14-9-6-5-7-10-14;2*1-3-6-10(4-2)7-5-8-11-9(10)12;;;;/h3,5-7,9-10H,1,4,8,11-13H2,2H3;2*3H,1,4-8H2,2H3,(H,11,12);1H4;;2*1H2/q;;;;+1;;/p-1/t17-;2*10-;;;;/m111..../s1. The maximum Gasteiger partial charge on any atom is 1.00 e. The summed E-state index contributed by atoms with van der Waals surface area (Å²) in [6.07, 6.45) is 16.3. The summed E-state index contributed by atoms with van der Waals surface area (Å²) in [5.41, 5.74) is -0.142. The molecule has 0 bridgehead atoms. The summed E-state index contributed by atoms with van der Waals surface area (Å²) in [5.74, 6) is 0.212. The number of carbonyl (C=O) groups excluding carboxylic acids is 4. The molecule has 9 nitrogen and oxygen atoms in total. The summed E-state index contributed by atoms with van der Waals surface area (Å²) in [6.45, 7) is 19.5. The minimum atomic E-state index is -0.440. The third kappa shape index (κ3) is 12.2. The first-order valence-corrected chi connectivity index (χ1v) is 16.5. The fraction of sp³-hybridized carbons (Fsp3) is 0.579. The molecule has 0 saturated carbocycles. The van der Waals surface area contributed by atoms with Gasteiger partial charge in [-0.2, -0.15) is 0 Å². The summed E-state index contributed by atoms with van der Waals surface area (Å²) in [4.78, 5) is 49.8. The Morgan fingerprint density at radius 1 is 0.750 bits per heavy atom. The smallest absolute Gasteiger partial charge is 0.870 e. The van der Waals surface area contributed by atoms with Crippen molar-refractivity contribution in [3.05, 3.63) is 73.9 Å². The Balaban J connectivity index is -0.000000637. The SMILES string of the molecule is C.C=CC[C@]1(CC)CCCN(C(=O)c2ccccc2)C1=O.C=CC[C@]1(CC)CCCNC1=O.C=CC[C@]1(CC)CCCNC1=O.O.[Li+].[OH-]. The Bertz CT molecular complexity index is 1120. The third-order valence-electron chi connectivity index (χ3n) is 9.84. The van der Waals surface area contributed by atoms with Crippen LogP contribution in [0.3, 0.4) is 0 Å². The van der Waals surface area contributed by atoms with Crippen molar-refractivity contribution in [3.8, 4) is 0 Å². The quantitative estimate of drug-likeness (QED) is 0.221. The number of allylic oxidation sites excluding steroid dienone is 3. The normalized spacial score (nSPS) is 24.2. The molecule has 3 saturated heterocycles. The van der Waals surface area contributed by atoms with E-state index in [1.54, 1.807) is 18.2 Å². The summed E-state index contributed by atoms with van der Waals surface area (Å²) in [5, 5.41) is 5.84. The number of benzene rings is 1. The molecular formula is C38H62LiN3O6. The van der Waals surface area contributed by atoms with Gasteiger partial charge in [0.15, 0.2) is 0 Å². The van der Waals surface area contributed by atoms with Crippen molar-refractivity contribution in [2.75, 3.05) is 19.6 Å². The molecule has 3 fully saturated rings. The maximum absolute atomic E-state index is 12.7. The van der Waals surface area contributed by atoms with E-state index in [1.165, 1.54) is 4.90 Å². The van der Waals surface area contributed by atoms with Crippen LogP contribution in [-0.4, -0.2) is 59.1 Å². The first-order valence-electron chi connectivity index (χ1n) is 16.5. The Kier molecular flexibility index (Phi) is 24.9. The zero-order valence-electron chi connectivity index (χ0n) is 29.4. The Morgan fingerprint density at radius 2 is 1.15 bits per heavy atom. The predicted octanol–water partition coefficient (Wildman–Crippen LogP) is 3.80. The van der Waals surface area contributed by atoms with Crippen LogP contribution < -0.4 is 29.5 Å².